The molecule has 0 spiro atoms. The minimum Gasteiger partial charge on any atom is -0.457 e. The second-order valence-electron chi connectivity index (χ2n) is 9.88. The van der Waals surface area contributed by atoms with Gasteiger partial charge >= 0.3 is 11.9 Å². The lowest BCUT2D eigenvalue weighted by Gasteiger charge is -2.36. The summed E-state index contributed by atoms with van der Waals surface area (Å²) >= 11 is 0. The van der Waals surface area contributed by atoms with Crippen LogP contribution in [0.15, 0.2) is 41.2 Å². The van der Waals surface area contributed by atoms with Crippen molar-refractivity contribution < 1.29 is 19.1 Å². The quantitative estimate of drug-likeness (QED) is 0.398. The van der Waals surface area contributed by atoms with Gasteiger partial charge in [-0.1, -0.05) is 31.5 Å². The van der Waals surface area contributed by atoms with Crippen molar-refractivity contribution in [3.63, 3.8) is 0 Å². The first-order valence-electron chi connectivity index (χ1n) is 12.8. The van der Waals surface area contributed by atoms with Gasteiger partial charge in [0.25, 0.3) is 5.56 Å². The van der Waals surface area contributed by atoms with E-state index in [0.29, 0.717) is 35.6 Å². The van der Waals surface area contributed by atoms with Crippen LogP contribution in [-0.4, -0.2) is 46.0 Å². The number of pyridine rings is 2. The molecule has 5 heterocycles. The Labute approximate surface area is 208 Å². The van der Waals surface area contributed by atoms with Crippen LogP contribution in [0.1, 0.15) is 55.7 Å². The number of ether oxygens (including phenoxy) is 2. The highest BCUT2D eigenvalue weighted by Gasteiger charge is 2.50. The number of nitrogens with zero attached hydrogens (tertiary/aromatic N) is 3. The van der Waals surface area contributed by atoms with Gasteiger partial charge in [-0.25, -0.2) is 9.78 Å². The van der Waals surface area contributed by atoms with Gasteiger partial charge in [-0.05, 0) is 50.6 Å². The summed E-state index contributed by atoms with van der Waals surface area (Å²) in [6.07, 6.45) is 3.84. The summed E-state index contributed by atoms with van der Waals surface area (Å²) in [4.78, 5) is 46.8. The highest BCUT2D eigenvalue weighted by atomic mass is 16.6. The van der Waals surface area contributed by atoms with Crippen molar-refractivity contribution in [1.29, 1.82) is 0 Å². The minimum absolute atomic E-state index is 0.133. The van der Waals surface area contributed by atoms with Crippen LogP contribution in [0.2, 0.25) is 0 Å². The predicted molar refractivity (Wildman–Crippen MR) is 133 cm³/mol. The van der Waals surface area contributed by atoms with Crippen LogP contribution in [0, 0.1) is 0 Å². The molecule has 1 saturated heterocycles. The van der Waals surface area contributed by atoms with E-state index in [1.54, 1.807) is 11.5 Å². The predicted octanol–water partition coefficient (Wildman–Crippen LogP) is 3.51. The van der Waals surface area contributed by atoms with Crippen LogP contribution in [0.5, 0.6) is 0 Å². The number of esters is 2. The third-order valence-corrected chi connectivity index (χ3v) is 7.75. The van der Waals surface area contributed by atoms with Crippen molar-refractivity contribution in [2.24, 2.45) is 0 Å². The van der Waals surface area contributed by atoms with E-state index in [4.69, 9.17) is 14.5 Å². The number of carbonyl (C=O) groups is 2. The number of likely N-dealkylation sites (tertiary alicyclic amines) is 1. The average Bonchev–Trinajstić information content (AvgIpc) is 3.26. The number of para-hydroxylation sites is 1. The number of benzene rings is 1. The number of rotatable bonds is 5. The Hall–Kier alpha value is -3.52. The maximum Gasteiger partial charge on any atom is 0.355 e. The lowest BCUT2D eigenvalue weighted by Crippen LogP contribution is -2.47. The molecular formula is C28H29N3O5. The first kappa shape index (κ1) is 22.9. The molecule has 1 atom stereocenters. The Bertz CT molecular complexity index is 1440. The van der Waals surface area contributed by atoms with Crippen molar-refractivity contribution in [1.82, 2.24) is 14.5 Å². The molecule has 3 aromatic rings. The summed E-state index contributed by atoms with van der Waals surface area (Å²) in [6.45, 7) is 4.59. The molecular weight excluding hydrogens is 458 g/mol. The zero-order valence-corrected chi connectivity index (χ0v) is 20.4. The van der Waals surface area contributed by atoms with E-state index in [1.165, 1.54) is 6.42 Å². The topological polar surface area (TPSA) is 90.7 Å². The molecule has 0 aliphatic carbocycles. The number of cyclic esters (lactones) is 1. The molecule has 0 bridgehead atoms. The van der Waals surface area contributed by atoms with Gasteiger partial charge in [0.05, 0.1) is 35.4 Å². The molecule has 0 saturated carbocycles. The standard InChI is InChI=1S/C28H29N3O5/c1-2-28(36-24(32)10-13-30-11-6-3-7-12-30)21-15-23-25-19(14-18-8-4-5-9-22(18)29-25)16-31(23)26(33)20(21)17-35-27(28)34/h4-5,8-9,14-15H,2-3,6-7,10-13,16-17H2,1H3. The molecule has 36 heavy (non-hydrogen) atoms. The molecule has 1 unspecified atom stereocenters. The molecule has 8 heteroatoms. The Balaban J connectivity index is 1.38. The van der Waals surface area contributed by atoms with Crippen molar-refractivity contribution >= 4 is 22.8 Å². The van der Waals surface area contributed by atoms with Gasteiger partial charge in [0.15, 0.2) is 0 Å². The lowest BCUT2D eigenvalue weighted by atomic mass is 9.85. The minimum atomic E-state index is -1.64. The molecule has 3 aliphatic heterocycles. The third-order valence-electron chi connectivity index (χ3n) is 7.75. The van der Waals surface area contributed by atoms with Crippen LogP contribution in [0.3, 0.4) is 0 Å². The van der Waals surface area contributed by atoms with Crippen molar-refractivity contribution in [2.45, 2.75) is 57.8 Å². The SMILES string of the molecule is CCC1(OC(=O)CCN2CCCCC2)C(=O)OCc2c1cc1n(c2=O)Cc2cc3ccccc3nc2-1. The van der Waals surface area contributed by atoms with Gasteiger partial charge < -0.3 is 18.9 Å². The number of piperidine rings is 1. The van der Waals surface area contributed by atoms with Gasteiger partial charge in [0, 0.05) is 23.1 Å². The van der Waals surface area contributed by atoms with Gasteiger partial charge in [0.2, 0.25) is 5.60 Å². The second-order valence-corrected chi connectivity index (χ2v) is 9.88. The summed E-state index contributed by atoms with van der Waals surface area (Å²) in [7, 11) is 0. The highest BCUT2D eigenvalue weighted by Crippen LogP contribution is 2.41. The van der Waals surface area contributed by atoms with Crippen LogP contribution in [-0.2, 0) is 37.8 Å². The Kier molecular flexibility index (Phi) is 5.63. The molecule has 2 aromatic heterocycles. The Morgan fingerprint density at radius 1 is 1.14 bits per heavy atom. The number of hydrogen-bond acceptors (Lipinski definition) is 7. The lowest BCUT2D eigenvalue weighted by molar-refractivity contribution is -0.189. The van der Waals surface area contributed by atoms with Crippen LogP contribution in [0.25, 0.3) is 22.3 Å². The van der Waals surface area contributed by atoms with E-state index < -0.39 is 17.5 Å². The molecule has 0 amide bonds. The number of aromatic nitrogens is 2. The molecule has 1 aromatic carbocycles. The average molecular weight is 488 g/mol. The fourth-order valence-corrected chi connectivity index (χ4v) is 5.76. The Morgan fingerprint density at radius 3 is 2.75 bits per heavy atom. The monoisotopic (exact) mass is 487 g/mol. The molecule has 1 fully saturated rings. The fraction of sp³-hybridized carbons (Fsp3) is 0.429. The summed E-state index contributed by atoms with van der Waals surface area (Å²) < 4.78 is 13.0. The van der Waals surface area contributed by atoms with Crippen molar-refractivity contribution in [3.05, 3.63) is 63.4 Å². The molecule has 8 nitrogen and oxygen atoms in total. The van der Waals surface area contributed by atoms with Crippen LogP contribution < -0.4 is 5.56 Å². The van der Waals surface area contributed by atoms with Crippen molar-refractivity contribution in [3.8, 4) is 11.4 Å². The smallest absolute Gasteiger partial charge is 0.355 e. The second kappa shape index (κ2) is 8.85. The third kappa shape index (κ3) is 3.63. The highest BCUT2D eigenvalue weighted by molar-refractivity contribution is 5.88. The largest absolute Gasteiger partial charge is 0.457 e. The molecule has 0 N–H and O–H groups in total. The van der Waals surface area contributed by atoms with Crippen LogP contribution >= 0.6 is 0 Å². The van der Waals surface area contributed by atoms with Gasteiger partial charge in [-0.15, -0.1) is 0 Å². The zero-order valence-electron chi connectivity index (χ0n) is 20.4. The maximum absolute atomic E-state index is 13.6. The van der Waals surface area contributed by atoms with E-state index >= 15 is 0 Å². The van der Waals surface area contributed by atoms with E-state index in [9.17, 15) is 14.4 Å². The summed E-state index contributed by atoms with van der Waals surface area (Å²) in [5, 5.41) is 1.01. The van der Waals surface area contributed by atoms with Crippen LogP contribution in [0.4, 0.5) is 0 Å². The molecule has 186 valence electrons. The number of fused-ring (bicyclic) bond motifs is 5. The summed E-state index contributed by atoms with van der Waals surface area (Å²) in [5.74, 6) is -1.09. The van der Waals surface area contributed by atoms with Gasteiger partial charge in [-0.2, -0.15) is 0 Å². The van der Waals surface area contributed by atoms with E-state index in [0.717, 1.165) is 42.4 Å². The summed E-state index contributed by atoms with van der Waals surface area (Å²) in [5.41, 5.74) is 2.04. The molecule has 3 aliphatic rings. The first-order valence-corrected chi connectivity index (χ1v) is 12.8. The van der Waals surface area contributed by atoms with E-state index in [2.05, 4.69) is 11.0 Å². The first-order chi connectivity index (χ1) is 17.5. The van der Waals surface area contributed by atoms with E-state index in [-0.39, 0.29) is 25.0 Å². The number of carbonyl (C=O) groups excluding carboxylic acids is 2. The van der Waals surface area contributed by atoms with E-state index in [1.807, 2.05) is 30.3 Å². The normalized spacial score (nSPS) is 21.0. The molecule has 0 radical (unpaired) electrons. The van der Waals surface area contributed by atoms with Crippen molar-refractivity contribution in [2.75, 3.05) is 19.6 Å². The molecule has 6 rings (SSSR count). The van der Waals surface area contributed by atoms with Gasteiger partial charge in [0.1, 0.15) is 6.61 Å². The van der Waals surface area contributed by atoms with Gasteiger partial charge in [-0.3, -0.25) is 9.59 Å². The zero-order chi connectivity index (χ0) is 24.9. The summed E-state index contributed by atoms with van der Waals surface area (Å²) in [6, 6.07) is 11.7. The Morgan fingerprint density at radius 2 is 1.94 bits per heavy atom. The maximum atomic E-state index is 13.6. The number of hydrogen-bond donors (Lipinski definition) is 0. The fourth-order valence-electron chi connectivity index (χ4n) is 5.76.